The lowest BCUT2D eigenvalue weighted by Crippen LogP contribution is -2.15. The second kappa shape index (κ2) is 10.8. The minimum Gasteiger partial charge on any atom is -0.483 e. The summed E-state index contributed by atoms with van der Waals surface area (Å²) in [5, 5.41) is 20.9. The number of rotatable bonds is 10. The van der Waals surface area contributed by atoms with E-state index in [1.807, 2.05) is 42.7 Å². The zero-order chi connectivity index (χ0) is 23.1. The molecule has 0 saturated heterocycles. The van der Waals surface area contributed by atoms with Crippen molar-refractivity contribution in [3.8, 4) is 5.75 Å². The normalized spacial score (nSPS) is 11.7. The average Bonchev–Trinajstić information content (AvgIpc) is 3.21. The molecule has 0 bridgehead atoms. The van der Waals surface area contributed by atoms with Gasteiger partial charge in [-0.05, 0) is 62.2 Å². The number of amides is 1. The summed E-state index contributed by atoms with van der Waals surface area (Å²) >= 11 is 1.28. The molecule has 9 heteroatoms. The standard InChI is InChI=1S/C23H26N4O4S/c1-4-16-6-12-19(13-7-16)31-15(3)21-25-26-23(27(21)5-2)32-14-20(28)24-18-10-8-17(9-11-18)22(29)30/h6-13,15H,4-5,14H2,1-3H3,(H,24,28)(H,29,30). The Labute approximate surface area is 191 Å². The first-order valence-corrected chi connectivity index (χ1v) is 11.3. The molecule has 1 heterocycles. The predicted molar refractivity (Wildman–Crippen MR) is 123 cm³/mol. The van der Waals surface area contributed by atoms with Gasteiger partial charge in [-0.1, -0.05) is 30.8 Å². The minimum atomic E-state index is -1.01. The van der Waals surface area contributed by atoms with Gasteiger partial charge in [-0.15, -0.1) is 10.2 Å². The van der Waals surface area contributed by atoms with Crippen molar-refractivity contribution in [3.05, 3.63) is 65.5 Å². The number of nitrogens with zero attached hydrogens (tertiary/aromatic N) is 3. The average molecular weight is 455 g/mol. The van der Waals surface area contributed by atoms with Gasteiger partial charge >= 0.3 is 5.97 Å². The fraction of sp³-hybridized carbons (Fsp3) is 0.304. The largest absolute Gasteiger partial charge is 0.483 e. The molecule has 3 aromatic rings. The van der Waals surface area contributed by atoms with Gasteiger partial charge in [0.15, 0.2) is 17.1 Å². The first-order valence-electron chi connectivity index (χ1n) is 10.4. The lowest BCUT2D eigenvalue weighted by atomic mass is 10.2. The van der Waals surface area contributed by atoms with E-state index < -0.39 is 5.97 Å². The number of aromatic carboxylic acids is 1. The smallest absolute Gasteiger partial charge is 0.335 e. The van der Waals surface area contributed by atoms with Crippen molar-refractivity contribution in [3.63, 3.8) is 0 Å². The number of carbonyl (C=O) groups excluding carboxylic acids is 1. The van der Waals surface area contributed by atoms with Crippen LogP contribution in [0.5, 0.6) is 5.75 Å². The zero-order valence-electron chi connectivity index (χ0n) is 18.2. The summed E-state index contributed by atoms with van der Waals surface area (Å²) in [6.45, 7) is 6.66. The highest BCUT2D eigenvalue weighted by molar-refractivity contribution is 7.99. The summed E-state index contributed by atoms with van der Waals surface area (Å²) in [6, 6.07) is 14.0. The number of anilines is 1. The number of aromatic nitrogens is 3. The quantitative estimate of drug-likeness (QED) is 0.437. The molecule has 0 fully saturated rings. The second-order valence-corrected chi connectivity index (χ2v) is 8.00. The number of benzene rings is 2. The molecule has 1 unspecified atom stereocenters. The summed E-state index contributed by atoms with van der Waals surface area (Å²) < 4.78 is 7.97. The van der Waals surface area contributed by atoms with Gasteiger partial charge in [-0.25, -0.2) is 4.79 Å². The number of nitrogens with one attached hydrogen (secondary N) is 1. The van der Waals surface area contributed by atoms with Crippen molar-refractivity contribution in [2.75, 3.05) is 11.1 Å². The number of thioether (sulfide) groups is 1. The van der Waals surface area contributed by atoms with Gasteiger partial charge in [0.2, 0.25) is 5.91 Å². The predicted octanol–water partition coefficient (Wildman–Crippen LogP) is 4.43. The Hall–Kier alpha value is -3.33. The number of ether oxygens (including phenoxy) is 1. The molecule has 0 aliphatic rings. The topological polar surface area (TPSA) is 106 Å². The van der Waals surface area contributed by atoms with Crippen LogP contribution in [0.2, 0.25) is 0 Å². The van der Waals surface area contributed by atoms with Crippen LogP contribution >= 0.6 is 11.8 Å². The Kier molecular flexibility index (Phi) is 7.88. The van der Waals surface area contributed by atoms with Gasteiger partial charge in [-0.3, -0.25) is 4.79 Å². The SMILES string of the molecule is CCc1ccc(OC(C)c2nnc(SCC(=O)Nc3ccc(C(=O)O)cc3)n2CC)cc1. The molecular weight excluding hydrogens is 428 g/mol. The van der Waals surface area contributed by atoms with Crippen LogP contribution in [0.1, 0.15) is 48.6 Å². The summed E-state index contributed by atoms with van der Waals surface area (Å²) in [5.41, 5.74) is 1.95. The molecule has 1 amide bonds. The maximum absolute atomic E-state index is 12.3. The molecule has 0 aliphatic carbocycles. The molecule has 2 N–H and O–H groups in total. The molecule has 3 rings (SSSR count). The maximum atomic E-state index is 12.3. The third kappa shape index (κ3) is 5.88. The highest BCUT2D eigenvalue weighted by Gasteiger charge is 2.19. The van der Waals surface area contributed by atoms with Gasteiger partial charge < -0.3 is 19.7 Å². The van der Waals surface area contributed by atoms with Gasteiger partial charge in [0.05, 0.1) is 11.3 Å². The van der Waals surface area contributed by atoms with Gasteiger partial charge in [0, 0.05) is 12.2 Å². The highest BCUT2D eigenvalue weighted by atomic mass is 32.2. The van der Waals surface area contributed by atoms with E-state index in [1.54, 1.807) is 12.1 Å². The van der Waals surface area contributed by atoms with E-state index in [0.717, 1.165) is 12.2 Å². The zero-order valence-corrected chi connectivity index (χ0v) is 19.1. The van der Waals surface area contributed by atoms with Crippen molar-refractivity contribution in [1.82, 2.24) is 14.8 Å². The van der Waals surface area contributed by atoms with Crippen LogP contribution in [0.3, 0.4) is 0 Å². The van der Waals surface area contributed by atoms with Crippen molar-refractivity contribution in [1.29, 1.82) is 0 Å². The second-order valence-electron chi connectivity index (χ2n) is 7.06. The molecular formula is C23H26N4O4S. The first-order chi connectivity index (χ1) is 15.4. The molecule has 0 radical (unpaired) electrons. The number of hydrogen-bond acceptors (Lipinski definition) is 6. The molecule has 2 aromatic carbocycles. The number of aryl methyl sites for hydroxylation is 1. The highest BCUT2D eigenvalue weighted by Crippen LogP contribution is 2.25. The number of carboxylic acid groups (broad SMARTS) is 1. The van der Waals surface area contributed by atoms with Crippen LogP contribution in [0, 0.1) is 0 Å². The van der Waals surface area contributed by atoms with E-state index >= 15 is 0 Å². The van der Waals surface area contributed by atoms with Crippen LogP contribution in [0.4, 0.5) is 5.69 Å². The third-order valence-corrected chi connectivity index (χ3v) is 5.78. The Morgan fingerprint density at radius 3 is 2.38 bits per heavy atom. The minimum absolute atomic E-state index is 0.145. The summed E-state index contributed by atoms with van der Waals surface area (Å²) in [7, 11) is 0. The van der Waals surface area contributed by atoms with Crippen molar-refractivity contribution in [2.24, 2.45) is 0 Å². The van der Waals surface area contributed by atoms with Crippen LogP contribution in [-0.4, -0.2) is 37.5 Å². The van der Waals surface area contributed by atoms with Gasteiger partial charge in [0.25, 0.3) is 0 Å². The first kappa shape index (κ1) is 23.3. The third-order valence-electron chi connectivity index (χ3n) is 4.82. The Bertz CT molecular complexity index is 1060. The Morgan fingerprint density at radius 1 is 1.09 bits per heavy atom. The molecule has 1 aromatic heterocycles. The maximum Gasteiger partial charge on any atom is 0.335 e. The molecule has 0 saturated carbocycles. The van der Waals surface area contributed by atoms with E-state index in [4.69, 9.17) is 9.84 Å². The van der Waals surface area contributed by atoms with Crippen molar-refractivity contribution < 1.29 is 19.4 Å². The van der Waals surface area contributed by atoms with Crippen molar-refractivity contribution in [2.45, 2.75) is 45.0 Å². The number of carboxylic acids is 1. The number of carbonyl (C=O) groups is 2. The molecule has 32 heavy (non-hydrogen) atoms. The molecule has 8 nitrogen and oxygen atoms in total. The van der Waals surface area contributed by atoms with Crippen LogP contribution < -0.4 is 10.1 Å². The van der Waals surface area contributed by atoms with Gasteiger partial charge in [0.1, 0.15) is 5.75 Å². The lowest BCUT2D eigenvalue weighted by molar-refractivity contribution is -0.113. The lowest BCUT2D eigenvalue weighted by Gasteiger charge is -2.16. The molecule has 168 valence electrons. The summed E-state index contributed by atoms with van der Waals surface area (Å²) in [4.78, 5) is 23.2. The summed E-state index contributed by atoms with van der Waals surface area (Å²) in [5.74, 6) is 0.379. The molecule has 1 atom stereocenters. The van der Waals surface area contributed by atoms with E-state index in [9.17, 15) is 9.59 Å². The van der Waals surface area contributed by atoms with E-state index in [1.165, 1.54) is 29.5 Å². The van der Waals surface area contributed by atoms with E-state index in [-0.39, 0.29) is 23.3 Å². The fourth-order valence-corrected chi connectivity index (χ4v) is 3.90. The molecule has 0 spiro atoms. The molecule has 0 aliphatic heterocycles. The van der Waals surface area contributed by atoms with Crippen LogP contribution in [-0.2, 0) is 17.8 Å². The van der Waals surface area contributed by atoms with Crippen molar-refractivity contribution >= 4 is 29.3 Å². The summed E-state index contributed by atoms with van der Waals surface area (Å²) in [6.07, 6.45) is 0.674. The Balaban J connectivity index is 1.59. The monoisotopic (exact) mass is 454 g/mol. The van der Waals surface area contributed by atoms with Gasteiger partial charge in [-0.2, -0.15) is 0 Å². The van der Waals surface area contributed by atoms with E-state index in [0.29, 0.717) is 23.2 Å². The van der Waals surface area contributed by atoms with Crippen LogP contribution in [0.15, 0.2) is 53.7 Å². The van der Waals surface area contributed by atoms with Crippen LogP contribution in [0.25, 0.3) is 0 Å². The Morgan fingerprint density at radius 2 is 1.78 bits per heavy atom. The number of hydrogen-bond donors (Lipinski definition) is 2. The fourth-order valence-electron chi connectivity index (χ4n) is 3.09. The van der Waals surface area contributed by atoms with E-state index in [2.05, 4.69) is 22.4 Å².